The summed E-state index contributed by atoms with van der Waals surface area (Å²) in [6.45, 7) is 0.270. The van der Waals surface area contributed by atoms with Gasteiger partial charge in [-0.1, -0.05) is 12.1 Å². The van der Waals surface area contributed by atoms with Crippen LogP contribution in [0.5, 0.6) is 0 Å². The second-order valence-electron chi connectivity index (χ2n) is 4.26. The standard InChI is InChI=1S/C14H12F3N3O/c15-14(16,17)11-3-1-2-10(8-11)4-5-13(21)18-9-12-6-7-19-20-12/h1-8H,9H2,(H,18,21)(H,19,20). The number of rotatable bonds is 4. The predicted octanol–water partition coefficient (Wildman–Crippen LogP) is 2.76. The maximum absolute atomic E-state index is 12.5. The molecule has 0 bridgehead atoms. The molecule has 0 saturated heterocycles. The van der Waals surface area contributed by atoms with Crippen LogP contribution in [-0.4, -0.2) is 16.1 Å². The minimum atomic E-state index is -4.40. The van der Waals surface area contributed by atoms with Gasteiger partial charge in [0.25, 0.3) is 0 Å². The van der Waals surface area contributed by atoms with E-state index < -0.39 is 17.6 Å². The summed E-state index contributed by atoms with van der Waals surface area (Å²) < 4.78 is 37.6. The number of nitrogens with zero attached hydrogens (tertiary/aromatic N) is 1. The fraction of sp³-hybridized carbons (Fsp3) is 0.143. The Morgan fingerprint density at radius 3 is 2.81 bits per heavy atom. The number of aromatic nitrogens is 2. The van der Waals surface area contributed by atoms with Crippen LogP contribution < -0.4 is 5.32 Å². The molecule has 1 amide bonds. The molecule has 0 aliphatic heterocycles. The lowest BCUT2D eigenvalue weighted by Crippen LogP contribution is -2.20. The van der Waals surface area contributed by atoms with Crippen molar-refractivity contribution < 1.29 is 18.0 Å². The van der Waals surface area contributed by atoms with Crippen molar-refractivity contribution in [3.63, 3.8) is 0 Å². The maximum atomic E-state index is 12.5. The number of halogens is 3. The third-order valence-electron chi connectivity index (χ3n) is 2.65. The van der Waals surface area contributed by atoms with Gasteiger partial charge in [0, 0.05) is 12.3 Å². The zero-order valence-corrected chi connectivity index (χ0v) is 10.8. The fourth-order valence-corrected chi connectivity index (χ4v) is 1.61. The number of H-pyrrole nitrogens is 1. The highest BCUT2D eigenvalue weighted by Gasteiger charge is 2.30. The zero-order valence-electron chi connectivity index (χ0n) is 10.8. The van der Waals surface area contributed by atoms with Crippen LogP contribution in [0, 0.1) is 0 Å². The van der Waals surface area contributed by atoms with E-state index in [4.69, 9.17) is 0 Å². The smallest absolute Gasteiger partial charge is 0.347 e. The van der Waals surface area contributed by atoms with Crippen molar-refractivity contribution in [2.75, 3.05) is 0 Å². The molecule has 0 unspecified atom stereocenters. The number of carbonyl (C=O) groups is 1. The average Bonchev–Trinajstić information content (AvgIpc) is 2.95. The van der Waals surface area contributed by atoms with Crippen molar-refractivity contribution >= 4 is 12.0 Å². The Hall–Kier alpha value is -2.57. The van der Waals surface area contributed by atoms with E-state index in [9.17, 15) is 18.0 Å². The van der Waals surface area contributed by atoms with Gasteiger partial charge in [-0.25, -0.2) is 0 Å². The number of nitrogens with one attached hydrogen (secondary N) is 2. The van der Waals surface area contributed by atoms with Crippen molar-refractivity contribution in [1.29, 1.82) is 0 Å². The van der Waals surface area contributed by atoms with Gasteiger partial charge in [-0.3, -0.25) is 9.89 Å². The molecule has 1 aromatic carbocycles. The van der Waals surface area contributed by atoms with Gasteiger partial charge in [0.2, 0.25) is 5.91 Å². The van der Waals surface area contributed by atoms with Crippen molar-refractivity contribution in [2.24, 2.45) is 0 Å². The fourth-order valence-electron chi connectivity index (χ4n) is 1.61. The van der Waals surface area contributed by atoms with Crippen LogP contribution in [0.25, 0.3) is 6.08 Å². The van der Waals surface area contributed by atoms with Crippen LogP contribution in [0.1, 0.15) is 16.8 Å². The SMILES string of the molecule is O=C(C=Cc1cccc(C(F)(F)F)c1)NCc1ccn[nH]1. The second-order valence-corrected chi connectivity index (χ2v) is 4.26. The molecule has 2 N–H and O–H groups in total. The van der Waals surface area contributed by atoms with Gasteiger partial charge in [-0.15, -0.1) is 0 Å². The van der Waals surface area contributed by atoms with Crippen LogP contribution in [-0.2, 0) is 17.5 Å². The lowest BCUT2D eigenvalue weighted by atomic mass is 10.1. The average molecular weight is 295 g/mol. The molecule has 0 aliphatic rings. The van der Waals surface area contributed by atoms with E-state index in [0.29, 0.717) is 5.56 Å². The first-order valence-electron chi connectivity index (χ1n) is 6.06. The summed E-state index contributed by atoms with van der Waals surface area (Å²) in [6.07, 6.45) is -0.323. The molecule has 0 spiro atoms. The summed E-state index contributed by atoms with van der Waals surface area (Å²) >= 11 is 0. The van der Waals surface area contributed by atoms with Crippen LogP contribution in [0.4, 0.5) is 13.2 Å². The summed E-state index contributed by atoms with van der Waals surface area (Å²) in [7, 11) is 0. The Kier molecular flexibility index (Phi) is 4.42. The number of amides is 1. The predicted molar refractivity (Wildman–Crippen MR) is 70.9 cm³/mol. The molecule has 0 radical (unpaired) electrons. The third kappa shape index (κ3) is 4.48. The first kappa shape index (κ1) is 14.8. The highest BCUT2D eigenvalue weighted by molar-refractivity contribution is 5.91. The van der Waals surface area contributed by atoms with Crippen LogP contribution in [0.2, 0.25) is 0 Å². The Morgan fingerprint density at radius 2 is 2.14 bits per heavy atom. The largest absolute Gasteiger partial charge is 0.416 e. The van der Waals surface area contributed by atoms with Gasteiger partial charge in [0.1, 0.15) is 0 Å². The van der Waals surface area contributed by atoms with Gasteiger partial charge in [-0.05, 0) is 29.8 Å². The van der Waals surface area contributed by atoms with Gasteiger partial charge < -0.3 is 5.32 Å². The molecule has 7 heteroatoms. The first-order chi connectivity index (χ1) is 9.95. The number of benzene rings is 1. The number of carbonyl (C=O) groups excluding carboxylic acids is 1. The summed E-state index contributed by atoms with van der Waals surface area (Å²) in [5.74, 6) is -0.401. The van der Waals surface area contributed by atoms with Crippen LogP contribution >= 0.6 is 0 Å². The van der Waals surface area contributed by atoms with Crippen LogP contribution in [0.3, 0.4) is 0 Å². The summed E-state index contributed by atoms with van der Waals surface area (Å²) in [5, 5.41) is 8.98. The Balaban J connectivity index is 1.95. The van der Waals surface area contributed by atoms with Crippen molar-refractivity contribution in [2.45, 2.75) is 12.7 Å². The van der Waals surface area contributed by atoms with E-state index in [1.807, 2.05) is 0 Å². The Morgan fingerprint density at radius 1 is 1.33 bits per heavy atom. The second kappa shape index (κ2) is 6.25. The molecule has 0 atom stereocenters. The van der Waals surface area contributed by atoms with Gasteiger partial charge >= 0.3 is 6.18 Å². The first-order valence-corrected chi connectivity index (χ1v) is 6.06. The lowest BCUT2D eigenvalue weighted by molar-refractivity contribution is -0.137. The van der Waals surface area contributed by atoms with Crippen molar-refractivity contribution in [3.8, 4) is 0 Å². The molecule has 0 aliphatic carbocycles. The molecule has 21 heavy (non-hydrogen) atoms. The maximum Gasteiger partial charge on any atom is 0.416 e. The minimum absolute atomic E-state index is 0.270. The normalized spacial score (nSPS) is 11.8. The number of alkyl halides is 3. The van der Waals surface area contributed by atoms with E-state index in [-0.39, 0.29) is 6.54 Å². The molecule has 110 valence electrons. The Bertz CT molecular complexity index is 633. The topological polar surface area (TPSA) is 57.8 Å². The van der Waals surface area contributed by atoms with E-state index in [2.05, 4.69) is 15.5 Å². The lowest BCUT2D eigenvalue weighted by Gasteiger charge is -2.06. The molecule has 1 aromatic heterocycles. The highest BCUT2D eigenvalue weighted by atomic mass is 19.4. The third-order valence-corrected chi connectivity index (χ3v) is 2.65. The molecule has 4 nitrogen and oxygen atoms in total. The van der Waals surface area contributed by atoms with Gasteiger partial charge in [0.05, 0.1) is 17.8 Å². The summed E-state index contributed by atoms with van der Waals surface area (Å²) in [4.78, 5) is 11.5. The molecule has 1 heterocycles. The molecule has 0 saturated carbocycles. The highest BCUT2D eigenvalue weighted by Crippen LogP contribution is 2.29. The van der Waals surface area contributed by atoms with Gasteiger partial charge in [0.15, 0.2) is 0 Å². The minimum Gasteiger partial charge on any atom is -0.347 e. The van der Waals surface area contributed by atoms with E-state index in [1.54, 1.807) is 12.3 Å². The number of aromatic amines is 1. The van der Waals surface area contributed by atoms with E-state index in [0.717, 1.165) is 17.8 Å². The summed E-state index contributed by atoms with van der Waals surface area (Å²) in [6, 6.07) is 6.46. The zero-order chi connectivity index (χ0) is 15.3. The van der Waals surface area contributed by atoms with Gasteiger partial charge in [-0.2, -0.15) is 18.3 Å². The quantitative estimate of drug-likeness (QED) is 0.852. The summed E-state index contributed by atoms with van der Waals surface area (Å²) in [5.41, 5.74) is 0.292. The number of hydrogen-bond donors (Lipinski definition) is 2. The molecule has 0 fully saturated rings. The van der Waals surface area contributed by atoms with E-state index in [1.165, 1.54) is 24.3 Å². The molecular formula is C14H12F3N3O. The monoisotopic (exact) mass is 295 g/mol. The Labute approximate surface area is 118 Å². The molecule has 2 rings (SSSR count). The van der Waals surface area contributed by atoms with Crippen LogP contribution in [0.15, 0.2) is 42.6 Å². The molecule has 2 aromatic rings. The molecular weight excluding hydrogens is 283 g/mol. The van der Waals surface area contributed by atoms with Crippen molar-refractivity contribution in [3.05, 3.63) is 59.4 Å². The van der Waals surface area contributed by atoms with Crippen molar-refractivity contribution in [1.82, 2.24) is 15.5 Å². The number of hydrogen-bond acceptors (Lipinski definition) is 2. The van der Waals surface area contributed by atoms with E-state index >= 15 is 0 Å².